The average molecular weight is 388 g/mol. The van der Waals surface area contributed by atoms with Crippen molar-refractivity contribution in [2.24, 2.45) is 0 Å². The van der Waals surface area contributed by atoms with Crippen molar-refractivity contribution in [1.29, 1.82) is 0 Å². The van der Waals surface area contributed by atoms with Gasteiger partial charge < -0.3 is 0 Å². The molecule has 0 aliphatic heterocycles. The van der Waals surface area contributed by atoms with Crippen LogP contribution in [0.5, 0.6) is 0 Å². The van der Waals surface area contributed by atoms with Crippen LogP contribution in [0.3, 0.4) is 0 Å². The maximum absolute atomic E-state index is 14.0. The fourth-order valence-corrected chi connectivity index (χ4v) is 4.21. The van der Waals surface area contributed by atoms with Crippen LogP contribution in [-0.4, -0.2) is 0 Å². The van der Waals surface area contributed by atoms with E-state index in [4.69, 9.17) is 11.6 Å². The van der Waals surface area contributed by atoms with Gasteiger partial charge in [-0.2, -0.15) is 13.2 Å². The highest BCUT2D eigenvalue weighted by Gasteiger charge is 2.36. The molecule has 1 atom stereocenters. The molecule has 1 heterocycles. The Hall–Kier alpha value is -0.590. The van der Waals surface area contributed by atoms with Gasteiger partial charge in [-0.1, -0.05) is 12.1 Å². The fraction of sp³-hybridized carbons (Fsp3) is 0.231. The Kier molecular flexibility index (Phi) is 4.47. The van der Waals surface area contributed by atoms with Gasteiger partial charge in [-0.05, 0) is 35.0 Å². The molecule has 0 radical (unpaired) electrons. The summed E-state index contributed by atoms with van der Waals surface area (Å²) < 4.78 is 52.8. The topological polar surface area (TPSA) is 0 Å². The van der Waals surface area contributed by atoms with Gasteiger partial charge in [0.15, 0.2) is 0 Å². The molecule has 0 aliphatic carbocycles. The van der Waals surface area contributed by atoms with Crippen LogP contribution >= 0.6 is 38.9 Å². The lowest BCUT2D eigenvalue weighted by atomic mass is 10.1. The van der Waals surface area contributed by atoms with Crippen molar-refractivity contribution in [2.45, 2.75) is 18.5 Å². The van der Waals surface area contributed by atoms with Crippen LogP contribution in [0.4, 0.5) is 17.6 Å². The summed E-state index contributed by atoms with van der Waals surface area (Å²) in [5.41, 5.74) is -1.48. The zero-order valence-electron chi connectivity index (χ0n) is 10.1. The smallest absolute Gasteiger partial charge is 0.206 e. The van der Waals surface area contributed by atoms with E-state index < -0.39 is 22.9 Å². The maximum atomic E-state index is 14.0. The molecule has 0 nitrogen and oxygen atoms in total. The number of hydrogen-bond donors (Lipinski definition) is 0. The first kappa shape index (κ1) is 15.8. The highest BCUT2D eigenvalue weighted by molar-refractivity contribution is 9.10. The normalized spacial score (nSPS) is 13.6. The number of halogens is 6. The van der Waals surface area contributed by atoms with E-state index in [-0.39, 0.29) is 5.56 Å². The predicted octanol–water partition coefficient (Wildman–Crippen LogP) is 6.31. The molecule has 108 valence electrons. The van der Waals surface area contributed by atoms with Crippen LogP contribution < -0.4 is 0 Å². The highest BCUT2D eigenvalue weighted by atomic mass is 79.9. The predicted molar refractivity (Wildman–Crippen MR) is 75.9 cm³/mol. The van der Waals surface area contributed by atoms with Crippen molar-refractivity contribution in [3.63, 3.8) is 0 Å². The summed E-state index contributed by atoms with van der Waals surface area (Å²) in [6, 6.07) is 4.92. The minimum absolute atomic E-state index is 0.177. The number of benzene rings is 1. The zero-order chi connectivity index (χ0) is 15.1. The highest BCUT2D eigenvalue weighted by Crippen LogP contribution is 2.42. The van der Waals surface area contributed by atoms with E-state index >= 15 is 0 Å². The van der Waals surface area contributed by atoms with Crippen molar-refractivity contribution < 1.29 is 17.6 Å². The Morgan fingerprint density at radius 3 is 2.45 bits per heavy atom. The molecule has 0 saturated carbocycles. The third-order valence-electron chi connectivity index (χ3n) is 2.67. The molecular weight excluding hydrogens is 380 g/mol. The molecule has 1 aromatic heterocycles. The Labute approximate surface area is 130 Å². The SMILES string of the molecule is Cc1cc(Br)c(C(Cl)c2cccc(C(F)(F)F)c2F)s1. The quantitative estimate of drug-likeness (QED) is 0.419. The van der Waals surface area contributed by atoms with Gasteiger partial charge in [0.25, 0.3) is 0 Å². The van der Waals surface area contributed by atoms with Crippen LogP contribution in [0.15, 0.2) is 28.7 Å². The van der Waals surface area contributed by atoms with Gasteiger partial charge in [-0.3, -0.25) is 0 Å². The number of alkyl halides is 4. The Balaban J connectivity index is 2.51. The summed E-state index contributed by atoms with van der Waals surface area (Å²) in [4.78, 5) is 1.52. The molecular formula is C13H8BrClF4S. The molecule has 7 heteroatoms. The maximum Gasteiger partial charge on any atom is 0.419 e. The van der Waals surface area contributed by atoms with E-state index in [2.05, 4.69) is 15.9 Å². The Morgan fingerprint density at radius 1 is 1.30 bits per heavy atom. The first-order chi connectivity index (χ1) is 9.21. The number of rotatable bonds is 2. The number of hydrogen-bond acceptors (Lipinski definition) is 1. The van der Waals surface area contributed by atoms with E-state index in [1.54, 1.807) is 6.07 Å². The molecule has 0 aliphatic rings. The van der Waals surface area contributed by atoms with E-state index in [1.807, 2.05) is 6.92 Å². The molecule has 2 aromatic rings. The van der Waals surface area contributed by atoms with Gasteiger partial charge >= 0.3 is 6.18 Å². The zero-order valence-corrected chi connectivity index (χ0v) is 13.2. The van der Waals surface area contributed by atoms with Crippen molar-refractivity contribution in [1.82, 2.24) is 0 Å². The van der Waals surface area contributed by atoms with Gasteiger partial charge in [0.1, 0.15) is 5.82 Å². The minimum atomic E-state index is -4.74. The monoisotopic (exact) mass is 386 g/mol. The van der Waals surface area contributed by atoms with Gasteiger partial charge in [0, 0.05) is 19.8 Å². The van der Waals surface area contributed by atoms with Crippen LogP contribution in [0.25, 0.3) is 0 Å². The number of thiophene rings is 1. The lowest BCUT2D eigenvalue weighted by molar-refractivity contribution is -0.140. The van der Waals surface area contributed by atoms with E-state index in [0.717, 1.165) is 10.9 Å². The first-order valence-electron chi connectivity index (χ1n) is 5.47. The summed E-state index contributed by atoms with van der Waals surface area (Å²) in [6.45, 7) is 1.84. The molecule has 0 N–H and O–H groups in total. The molecule has 1 unspecified atom stereocenters. The van der Waals surface area contributed by atoms with Crippen molar-refractivity contribution in [2.75, 3.05) is 0 Å². The third-order valence-corrected chi connectivity index (χ3v) is 5.29. The molecule has 2 rings (SSSR count). The summed E-state index contributed by atoms with van der Waals surface area (Å²) in [7, 11) is 0. The molecule has 0 bridgehead atoms. The molecule has 0 amide bonds. The largest absolute Gasteiger partial charge is 0.419 e. The van der Waals surface area contributed by atoms with E-state index in [9.17, 15) is 17.6 Å². The molecule has 0 saturated heterocycles. The van der Waals surface area contributed by atoms with Crippen LogP contribution in [0.2, 0.25) is 0 Å². The van der Waals surface area contributed by atoms with E-state index in [0.29, 0.717) is 15.4 Å². The fourth-order valence-electron chi connectivity index (χ4n) is 1.78. The van der Waals surface area contributed by atoms with Gasteiger partial charge in [0.2, 0.25) is 0 Å². The second-order valence-corrected chi connectivity index (χ2v) is 6.72. The summed E-state index contributed by atoms with van der Waals surface area (Å²) in [5, 5.41) is -0.967. The number of aryl methyl sites for hydroxylation is 1. The second kappa shape index (κ2) is 5.66. The third kappa shape index (κ3) is 3.02. The lowest BCUT2D eigenvalue weighted by Crippen LogP contribution is -2.10. The van der Waals surface area contributed by atoms with Crippen molar-refractivity contribution >= 4 is 38.9 Å². The standard InChI is InChI=1S/C13H8BrClF4S/c1-6-5-9(14)12(20-6)10(15)7-3-2-4-8(11(7)16)13(17,18)19/h2-5,10H,1H3. The second-order valence-electron chi connectivity index (χ2n) is 4.14. The summed E-state index contributed by atoms with van der Waals surface area (Å²) in [6.07, 6.45) is -4.74. The van der Waals surface area contributed by atoms with Crippen molar-refractivity contribution in [3.05, 3.63) is 55.4 Å². The first-order valence-corrected chi connectivity index (χ1v) is 7.52. The average Bonchev–Trinajstić information content (AvgIpc) is 2.66. The Bertz CT molecular complexity index is 636. The van der Waals surface area contributed by atoms with Crippen LogP contribution in [0, 0.1) is 12.7 Å². The molecule has 20 heavy (non-hydrogen) atoms. The molecule has 1 aromatic carbocycles. The van der Waals surface area contributed by atoms with Crippen molar-refractivity contribution in [3.8, 4) is 0 Å². The lowest BCUT2D eigenvalue weighted by Gasteiger charge is -2.14. The van der Waals surface area contributed by atoms with Crippen LogP contribution in [-0.2, 0) is 6.18 Å². The van der Waals surface area contributed by atoms with Crippen LogP contribution in [0.1, 0.15) is 26.3 Å². The minimum Gasteiger partial charge on any atom is -0.206 e. The van der Waals surface area contributed by atoms with Gasteiger partial charge in [0.05, 0.1) is 10.9 Å². The Morgan fingerprint density at radius 2 is 1.95 bits per heavy atom. The van der Waals surface area contributed by atoms with Gasteiger partial charge in [-0.15, -0.1) is 22.9 Å². The van der Waals surface area contributed by atoms with E-state index in [1.165, 1.54) is 17.4 Å². The summed E-state index contributed by atoms with van der Waals surface area (Å²) in [5.74, 6) is -1.32. The molecule has 0 fully saturated rings. The summed E-state index contributed by atoms with van der Waals surface area (Å²) >= 11 is 10.7. The molecule has 0 spiro atoms. The van der Waals surface area contributed by atoms with Gasteiger partial charge in [-0.25, -0.2) is 4.39 Å².